The molecule has 1 rings (SSSR count). The van der Waals surface area contributed by atoms with E-state index in [1.807, 2.05) is 6.92 Å². The third-order valence-electron chi connectivity index (χ3n) is 1.39. The molecule has 11 heavy (non-hydrogen) atoms. The molecule has 0 spiro atoms. The van der Waals surface area contributed by atoms with E-state index in [0.29, 0.717) is 5.82 Å². The minimum Gasteiger partial charge on any atom is -0.382 e. The fourth-order valence-electron chi connectivity index (χ4n) is 0.845. The Labute approximate surface area is 64.2 Å². The summed E-state index contributed by atoms with van der Waals surface area (Å²) in [5, 5.41) is 6.59. The summed E-state index contributed by atoms with van der Waals surface area (Å²) in [5.41, 5.74) is 5.73. The van der Waals surface area contributed by atoms with Crippen LogP contribution in [0.15, 0.2) is 11.4 Å². The Morgan fingerprint density at radius 3 is 3.00 bits per heavy atom. The molecule has 0 unspecified atom stereocenters. The van der Waals surface area contributed by atoms with Crippen LogP contribution < -0.4 is 5.73 Å². The van der Waals surface area contributed by atoms with Gasteiger partial charge in [-0.15, -0.1) is 4.91 Å². The Hall–Kier alpha value is -1.39. The van der Waals surface area contributed by atoms with Gasteiger partial charge in [0.2, 0.25) is 0 Å². The van der Waals surface area contributed by atoms with Crippen molar-refractivity contribution in [1.29, 1.82) is 0 Å². The van der Waals surface area contributed by atoms with Crippen molar-refractivity contribution in [2.45, 2.75) is 19.9 Å². The van der Waals surface area contributed by atoms with E-state index in [1.54, 1.807) is 4.68 Å². The molecule has 0 saturated heterocycles. The molecule has 1 heterocycles. The summed E-state index contributed by atoms with van der Waals surface area (Å²) in [6.07, 6.45) is 2.31. The smallest absolute Gasteiger partial charge is 0.169 e. The van der Waals surface area contributed by atoms with Gasteiger partial charge in [0.05, 0.1) is 6.20 Å². The summed E-state index contributed by atoms with van der Waals surface area (Å²) in [6.45, 7) is 2.73. The van der Waals surface area contributed by atoms with Crippen LogP contribution in [-0.4, -0.2) is 9.78 Å². The maximum Gasteiger partial charge on any atom is 0.169 e. The molecule has 0 amide bonds. The number of hydrogen-bond donors (Lipinski definition) is 1. The molecule has 0 aliphatic heterocycles. The highest BCUT2D eigenvalue weighted by Gasteiger charge is 2.05. The van der Waals surface area contributed by atoms with Crippen LogP contribution in [0.3, 0.4) is 0 Å². The normalized spacial score (nSPS) is 9.91. The fourth-order valence-corrected chi connectivity index (χ4v) is 0.845. The number of aryl methyl sites for hydroxylation is 1. The number of anilines is 1. The predicted octanol–water partition coefficient (Wildman–Crippen LogP) is 1.27. The number of nitrogens with zero attached hydrogens (tertiary/aromatic N) is 3. The van der Waals surface area contributed by atoms with Crippen molar-refractivity contribution in [3.8, 4) is 0 Å². The maximum absolute atomic E-state index is 10.1. The van der Waals surface area contributed by atoms with Crippen molar-refractivity contribution in [3.05, 3.63) is 11.1 Å². The summed E-state index contributed by atoms with van der Waals surface area (Å²) < 4.78 is 1.57. The molecule has 5 nitrogen and oxygen atoms in total. The first kappa shape index (κ1) is 7.71. The first-order chi connectivity index (χ1) is 5.29. The Morgan fingerprint density at radius 2 is 2.55 bits per heavy atom. The fraction of sp³-hybridized carbons (Fsp3) is 0.500. The Bertz CT molecular complexity index is 255. The van der Waals surface area contributed by atoms with Gasteiger partial charge in [0, 0.05) is 6.54 Å². The number of hydrogen-bond acceptors (Lipinski definition) is 4. The number of rotatable bonds is 3. The van der Waals surface area contributed by atoms with Gasteiger partial charge < -0.3 is 5.73 Å². The third-order valence-corrected chi connectivity index (χ3v) is 1.39. The van der Waals surface area contributed by atoms with Gasteiger partial charge in [0.15, 0.2) is 11.5 Å². The predicted molar refractivity (Wildman–Crippen MR) is 42.4 cm³/mol. The lowest BCUT2D eigenvalue weighted by atomic mass is 10.5. The Kier molecular flexibility index (Phi) is 2.20. The first-order valence-corrected chi connectivity index (χ1v) is 3.44. The average molecular weight is 154 g/mol. The van der Waals surface area contributed by atoms with Crippen LogP contribution in [0.4, 0.5) is 11.5 Å². The summed E-state index contributed by atoms with van der Waals surface area (Å²) >= 11 is 0. The topological polar surface area (TPSA) is 73.3 Å². The second-order valence-corrected chi connectivity index (χ2v) is 2.23. The summed E-state index contributed by atoms with van der Waals surface area (Å²) in [4.78, 5) is 10.1. The monoisotopic (exact) mass is 154 g/mol. The molecular weight excluding hydrogens is 144 g/mol. The van der Waals surface area contributed by atoms with Crippen LogP contribution >= 0.6 is 0 Å². The van der Waals surface area contributed by atoms with Gasteiger partial charge in [-0.2, -0.15) is 5.10 Å². The van der Waals surface area contributed by atoms with Crippen LogP contribution in [0.25, 0.3) is 0 Å². The van der Waals surface area contributed by atoms with Gasteiger partial charge >= 0.3 is 0 Å². The quantitative estimate of drug-likeness (QED) is 0.666. The highest BCUT2D eigenvalue weighted by molar-refractivity contribution is 5.56. The minimum atomic E-state index is 0.221. The molecule has 0 aliphatic carbocycles. The summed E-state index contributed by atoms with van der Waals surface area (Å²) in [6, 6.07) is 0. The van der Waals surface area contributed by atoms with Crippen molar-refractivity contribution in [2.24, 2.45) is 5.18 Å². The number of nitrogens with two attached hydrogens (primary N) is 1. The van der Waals surface area contributed by atoms with Crippen molar-refractivity contribution in [3.63, 3.8) is 0 Å². The van der Waals surface area contributed by atoms with Crippen LogP contribution in [0.1, 0.15) is 13.3 Å². The zero-order valence-corrected chi connectivity index (χ0v) is 6.32. The zero-order valence-electron chi connectivity index (χ0n) is 6.32. The molecule has 0 aromatic carbocycles. The lowest BCUT2D eigenvalue weighted by Gasteiger charge is -1.98. The molecule has 0 aliphatic rings. The number of nitroso groups, excluding NO2 is 1. The van der Waals surface area contributed by atoms with Gasteiger partial charge in [-0.3, -0.25) is 0 Å². The Morgan fingerprint density at radius 1 is 1.82 bits per heavy atom. The van der Waals surface area contributed by atoms with E-state index in [-0.39, 0.29) is 5.69 Å². The molecule has 0 atom stereocenters. The van der Waals surface area contributed by atoms with Crippen LogP contribution in [0.5, 0.6) is 0 Å². The average Bonchev–Trinajstić information content (AvgIpc) is 2.34. The highest BCUT2D eigenvalue weighted by atomic mass is 16.3. The van der Waals surface area contributed by atoms with Gasteiger partial charge in [-0.05, 0) is 11.6 Å². The maximum atomic E-state index is 10.1. The molecular formula is C6H10N4O. The largest absolute Gasteiger partial charge is 0.382 e. The number of nitrogen functional groups attached to an aromatic ring is 1. The van der Waals surface area contributed by atoms with Crippen LogP contribution in [-0.2, 0) is 6.54 Å². The minimum absolute atomic E-state index is 0.221. The molecule has 1 aromatic rings. The lowest BCUT2D eigenvalue weighted by Crippen LogP contribution is -2.03. The highest BCUT2D eigenvalue weighted by Crippen LogP contribution is 2.19. The van der Waals surface area contributed by atoms with Gasteiger partial charge in [0.1, 0.15) is 0 Å². The summed E-state index contributed by atoms with van der Waals surface area (Å²) in [5.74, 6) is 0.349. The van der Waals surface area contributed by atoms with Crippen molar-refractivity contribution >= 4 is 11.5 Å². The van der Waals surface area contributed by atoms with E-state index in [4.69, 9.17) is 5.73 Å². The molecule has 0 radical (unpaired) electrons. The molecule has 5 heteroatoms. The first-order valence-electron chi connectivity index (χ1n) is 3.44. The number of aromatic nitrogens is 2. The molecule has 0 fully saturated rings. The van der Waals surface area contributed by atoms with Crippen molar-refractivity contribution < 1.29 is 0 Å². The van der Waals surface area contributed by atoms with Gasteiger partial charge in [-0.1, -0.05) is 6.92 Å². The van der Waals surface area contributed by atoms with Crippen LogP contribution in [0, 0.1) is 4.91 Å². The standard InChI is InChI=1S/C6H10N4O/c1-2-3-10-6(7)5(9-11)4-8-10/h4H,2-3,7H2,1H3. The Balaban J connectivity index is 2.90. The third kappa shape index (κ3) is 1.36. The van der Waals surface area contributed by atoms with E-state index in [2.05, 4.69) is 10.3 Å². The summed E-state index contributed by atoms with van der Waals surface area (Å²) in [7, 11) is 0. The van der Waals surface area contributed by atoms with Gasteiger partial charge in [0.25, 0.3) is 0 Å². The molecule has 0 bridgehead atoms. The van der Waals surface area contributed by atoms with E-state index < -0.39 is 0 Å². The van der Waals surface area contributed by atoms with Crippen LogP contribution in [0.2, 0.25) is 0 Å². The second kappa shape index (κ2) is 3.14. The van der Waals surface area contributed by atoms with E-state index in [0.717, 1.165) is 13.0 Å². The van der Waals surface area contributed by atoms with E-state index >= 15 is 0 Å². The molecule has 60 valence electrons. The van der Waals surface area contributed by atoms with Crippen molar-refractivity contribution in [2.75, 3.05) is 5.73 Å². The lowest BCUT2D eigenvalue weighted by molar-refractivity contribution is 0.611. The van der Waals surface area contributed by atoms with Crippen molar-refractivity contribution in [1.82, 2.24) is 9.78 Å². The SMILES string of the molecule is CCCn1ncc(N=O)c1N. The van der Waals surface area contributed by atoms with E-state index in [9.17, 15) is 4.91 Å². The molecule has 0 saturated carbocycles. The van der Waals surface area contributed by atoms with Gasteiger partial charge in [-0.25, -0.2) is 4.68 Å². The zero-order chi connectivity index (χ0) is 8.27. The van der Waals surface area contributed by atoms with E-state index in [1.165, 1.54) is 6.20 Å². The molecule has 2 N–H and O–H groups in total. The molecule has 1 aromatic heterocycles. The second-order valence-electron chi connectivity index (χ2n) is 2.23.